The van der Waals surface area contributed by atoms with Crippen LogP contribution in [0.4, 0.5) is 0 Å². The van der Waals surface area contributed by atoms with Crippen LogP contribution in [0.2, 0.25) is 0 Å². The number of pyridine rings is 1. The van der Waals surface area contributed by atoms with Crippen molar-refractivity contribution in [1.82, 2.24) is 4.98 Å². The Morgan fingerprint density at radius 3 is 2.71 bits per heavy atom. The number of rotatable bonds is 1. The maximum atomic E-state index is 11.6. The second kappa shape index (κ2) is 3.50. The summed E-state index contributed by atoms with van der Waals surface area (Å²) in [6.45, 7) is 1.99. The summed E-state index contributed by atoms with van der Waals surface area (Å²) < 4.78 is 0. The lowest BCUT2D eigenvalue weighted by Crippen LogP contribution is -2.09. The van der Waals surface area contributed by atoms with Crippen LogP contribution in [0.1, 0.15) is 5.56 Å². The smallest absolute Gasteiger partial charge is 0.262 e. The van der Waals surface area contributed by atoms with Crippen molar-refractivity contribution in [2.24, 2.45) is 0 Å². The van der Waals surface area contributed by atoms with Crippen LogP contribution in [0, 0.1) is 6.92 Å². The van der Waals surface area contributed by atoms with Gasteiger partial charge in [0.1, 0.15) is 0 Å². The van der Waals surface area contributed by atoms with Gasteiger partial charge in [-0.2, -0.15) is 0 Å². The molecule has 0 spiro atoms. The number of benzene rings is 1. The Hall–Kier alpha value is -1.22. The molecule has 1 heterocycles. The van der Waals surface area contributed by atoms with Crippen LogP contribution < -0.4 is 5.56 Å². The first-order valence-electron chi connectivity index (χ1n) is 4.39. The Labute approximate surface area is 86.3 Å². The van der Waals surface area contributed by atoms with Gasteiger partial charge in [0.15, 0.2) is 0 Å². The quantitative estimate of drug-likeness (QED) is 0.726. The number of hydrogen-bond acceptors (Lipinski definition) is 2. The van der Waals surface area contributed by atoms with Gasteiger partial charge in [-0.1, -0.05) is 18.2 Å². The molecule has 0 aliphatic rings. The number of aromatic nitrogens is 1. The van der Waals surface area contributed by atoms with Crippen molar-refractivity contribution in [2.45, 2.75) is 11.8 Å². The van der Waals surface area contributed by atoms with Crippen molar-refractivity contribution >= 4 is 22.7 Å². The monoisotopic (exact) mass is 205 g/mol. The topological polar surface area (TPSA) is 32.9 Å². The minimum absolute atomic E-state index is 0.00806. The second-order valence-electron chi connectivity index (χ2n) is 3.16. The van der Waals surface area contributed by atoms with E-state index < -0.39 is 0 Å². The molecule has 2 aromatic rings. The van der Waals surface area contributed by atoms with E-state index in [0.717, 1.165) is 21.4 Å². The van der Waals surface area contributed by atoms with Crippen molar-refractivity contribution < 1.29 is 0 Å². The number of H-pyrrole nitrogens is 1. The van der Waals surface area contributed by atoms with E-state index in [1.54, 1.807) is 0 Å². The first kappa shape index (κ1) is 9.34. The van der Waals surface area contributed by atoms with Crippen LogP contribution in [0.3, 0.4) is 0 Å². The summed E-state index contributed by atoms with van der Waals surface area (Å²) in [7, 11) is 0. The lowest BCUT2D eigenvalue weighted by molar-refractivity contribution is 1.15. The molecule has 2 rings (SSSR count). The summed E-state index contributed by atoms with van der Waals surface area (Å²) in [6.07, 6.45) is 1.92. The number of para-hydroxylation sites is 1. The third-order valence-electron chi connectivity index (χ3n) is 2.33. The molecular weight excluding hydrogens is 194 g/mol. The van der Waals surface area contributed by atoms with Gasteiger partial charge in [0.05, 0.1) is 4.90 Å². The zero-order valence-electron chi connectivity index (χ0n) is 8.13. The molecule has 14 heavy (non-hydrogen) atoms. The normalized spacial score (nSPS) is 10.7. The highest BCUT2D eigenvalue weighted by Gasteiger charge is 2.06. The summed E-state index contributed by atoms with van der Waals surface area (Å²) >= 11 is 1.49. The number of aromatic amines is 1. The summed E-state index contributed by atoms with van der Waals surface area (Å²) in [5, 5.41) is 1.12. The van der Waals surface area contributed by atoms with Crippen molar-refractivity contribution in [2.75, 3.05) is 6.26 Å². The standard InChI is InChI=1S/C11H11NOS/c1-7-8-5-3-4-6-9(8)12-11(13)10(7)14-2/h3-6H,1-2H3,(H,12,13). The predicted molar refractivity (Wildman–Crippen MR) is 61.1 cm³/mol. The summed E-state index contributed by atoms with van der Waals surface area (Å²) in [6, 6.07) is 7.86. The van der Waals surface area contributed by atoms with E-state index in [-0.39, 0.29) is 5.56 Å². The Balaban J connectivity index is 2.93. The zero-order chi connectivity index (χ0) is 10.1. The van der Waals surface area contributed by atoms with Crippen molar-refractivity contribution in [1.29, 1.82) is 0 Å². The second-order valence-corrected chi connectivity index (χ2v) is 3.97. The number of thioether (sulfide) groups is 1. The molecule has 0 bridgehead atoms. The Bertz CT molecular complexity index is 530. The lowest BCUT2D eigenvalue weighted by atomic mass is 10.1. The third-order valence-corrected chi connectivity index (χ3v) is 3.23. The fraction of sp³-hybridized carbons (Fsp3) is 0.182. The molecule has 0 aliphatic heterocycles. The van der Waals surface area contributed by atoms with Gasteiger partial charge in [-0.05, 0) is 24.8 Å². The van der Waals surface area contributed by atoms with Crippen LogP contribution in [-0.4, -0.2) is 11.2 Å². The SMILES string of the molecule is CSc1c(C)c2ccccc2[nH]c1=O. The molecule has 72 valence electrons. The maximum Gasteiger partial charge on any atom is 0.262 e. The van der Waals surface area contributed by atoms with Gasteiger partial charge in [-0.25, -0.2) is 0 Å². The number of fused-ring (bicyclic) bond motifs is 1. The summed E-state index contributed by atoms with van der Waals surface area (Å²) in [5.41, 5.74) is 1.98. The van der Waals surface area contributed by atoms with Crippen molar-refractivity contribution in [3.63, 3.8) is 0 Å². The summed E-state index contributed by atoms with van der Waals surface area (Å²) in [5.74, 6) is 0. The fourth-order valence-corrected chi connectivity index (χ4v) is 2.29. The van der Waals surface area contributed by atoms with Gasteiger partial charge in [0, 0.05) is 10.9 Å². The zero-order valence-corrected chi connectivity index (χ0v) is 8.94. The van der Waals surface area contributed by atoms with Crippen LogP contribution in [-0.2, 0) is 0 Å². The molecule has 3 heteroatoms. The number of aryl methyl sites for hydroxylation is 1. The van der Waals surface area contributed by atoms with E-state index in [4.69, 9.17) is 0 Å². The first-order valence-corrected chi connectivity index (χ1v) is 5.62. The van der Waals surface area contributed by atoms with Gasteiger partial charge < -0.3 is 4.98 Å². The molecule has 0 saturated heterocycles. The van der Waals surface area contributed by atoms with Gasteiger partial charge in [0.2, 0.25) is 0 Å². The maximum absolute atomic E-state index is 11.6. The lowest BCUT2D eigenvalue weighted by Gasteiger charge is -2.05. The largest absolute Gasteiger partial charge is 0.321 e. The van der Waals surface area contributed by atoms with Crippen LogP contribution in [0.25, 0.3) is 10.9 Å². The van der Waals surface area contributed by atoms with E-state index in [0.29, 0.717) is 0 Å². The van der Waals surface area contributed by atoms with Gasteiger partial charge in [-0.15, -0.1) is 11.8 Å². The highest BCUT2D eigenvalue weighted by Crippen LogP contribution is 2.22. The molecule has 2 nitrogen and oxygen atoms in total. The first-order chi connectivity index (χ1) is 6.74. The fourth-order valence-electron chi connectivity index (χ4n) is 1.64. The molecule has 0 amide bonds. The highest BCUT2D eigenvalue weighted by atomic mass is 32.2. The van der Waals surface area contributed by atoms with Gasteiger partial charge in [-0.3, -0.25) is 4.79 Å². The molecule has 1 aromatic carbocycles. The van der Waals surface area contributed by atoms with Crippen LogP contribution in [0.5, 0.6) is 0 Å². The molecule has 1 N–H and O–H groups in total. The molecule has 0 unspecified atom stereocenters. The number of nitrogens with one attached hydrogen (secondary N) is 1. The Morgan fingerprint density at radius 1 is 1.29 bits per heavy atom. The van der Waals surface area contributed by atoms with E-state index in [2.05, 4.69) is 4.98 Å². The van der Waals surface area contributed by atoms with Crippen LogP contribution in [0.15, 0.2) is 34.0 Å². The Morgan fingerprint density at radius 2 is 2.00 bits per heavy atom. The minimum atomic E-state index is 0.00806. The van der Waals surface area contributed by atoms with Crippen LogP contribution >= 0.6 is 11.8 Å². The molecule has 0 saturated carbocycles. The summed E-state index contributed by atoms with van der Waals surface area (Å²) in [4.78, 5) is 15.3. The minimum Gasteiger partial charge on any atom is -0.321 e. The predicted octanol–water partition coefficient (Wildman–Crippen LogP) is 2.56. The third kappa shape index (κ3) is 1.34. The van der Waals surface area contributed by atoms with Crippen molar-refractivity contribution in [3.05, 3.63) is 40.2 Å². The van der Waals surface area contributed by atoms with E-state index in [1.165, 1.54) is 11.8 Å². The molecule has 0 aliphatic carbocycles. The molecule has 1 aromatic heterocycles. The van der Waals surface area contributed by atoms with E-state index >= 15 is 0 Å². The average molecular weight is 205 g/mol. The Kier molecular flexibility index (Phi) is 2.33. The van der Waals surface area contributed by atoms with E-state index in [9.17, 15) is 4.79 Å². The van der Waals surface area contributed by atoms with Gasteiger partial charge in [0.25, 0.3) is 5.56 Å². The number of hydrogen-bond donors (Lipinski definition) is 1. The molecule has 0 radical (unpaired) electrons. The molecule has 0 atom stereocenters. The molecule has 0 fully saturated rings. The van der Waals surface area contributed by atoms with E-state index in [1.807, 2.05) is 37.4 Å². The van der Waals surface area contributed by atoms with Gasteiger partial charge >= 0.3 is 0 Å². The molecular formula is C11H11NOS. The van der Waals surface area contributed by atoms with Crippen molar-refractivity contribution in [3.8, 4) is 0 Å². The average Bonchev–Trinajstić information content (AvgIpc) is 2.18. The highest BCUT2D eigenvalue weighted by molar-refractivity contribution is 7.98.